The van der Waals surface area contributed by atoms with Crippen molar-refractivity contribution in [3.8, 4) is 0 Å². The van der Waals surface area contributed by atoms with E-state index in [1.807, 2.05) is 6.20 Å². The summed E-state index contributed by atoms with van der Waals surface area (Å²) in [7, 11) is 0. The van der Waals surface area contributed by atoms with E-state index in [4.69, 9.17) is 0 Å². The first-order valence-corrected chi connectivity index (χ1v) is 8.00. The largest absolute Gasteiger partial charge is 0.381 e. The molecular formula is C16H26N4. The maximum absolute atomic E-state index is 4.60. The average Bonchev–Trinajstić information content (AvgIpc) is 2.88. The van der Waals surface area contributed by atoms with Crippen LogP contribution >= 0.6 is 0 Å². The molecule has 3 rings (SSSR count). The van der Waals surface area contributed by atoms with Gasteiger partial charge in [-0.05, 0) is 51.3 Å². The molecule has 2 saturated heterocycles. The Kier molecular flexibility index (Phi) is 4.10. The molecule has 3 unspecified atom stereocenters. The number of fused-ring (bicyclic) bond motifs is 2. The Morgan fingerprint density at radius 1 is 1.25 bits per heavy atom. The molecule has 0 aliphatic carbocycles. The molecule has 0 radical (unpaired) electrons. The van der Waals surface area contributed by atoms with Crippen LogP contribution in [0.3, 0.4) is 0 Å². The zero-order valence-electron chi connectivity index (χ0n) is 12.7. The van der Waals surface area contributed by atoms with E-state index in [1.54, 1.807) is 0 Å². The van der Waals surface area contributed by atoms with Crippen LogP contribution in [0.25, 0.3) is 0 Å². The zero-order valence-corrected chi connectivity index (χ0v) is 12.7. The molecule has 0 saturated carbocycles. The number of nitrogens with zero attached hydrogens (tertiary/aromatic N) is 3. The first kappa shape index (κ1) is 13.7. The molecule has 3 heterocycles. The third kappa shape index (κ3) is 2.75. The third-order valence-electron chi connectivity index (χ3n) is 4.82. The summed E-state index contributed by atoms with van der Waals surface area (Å²) in [6, 6.07) is 4.95. The highest BCUT2D eigenvalue weighted by Crippen LogP contribution is 2.29. The van der Waals surface area contributed by atoms with E-state index in [2.05, 4.69) is 46.1 Å². The minimum atomic E-state index is 0.634. The molecule has 4 heteroatoms. The van der Waals surface area contributed by atoms with Crippen LogP contribution < -0.4 is 10.2 Å². The maximum Gasteiger partial charge on any atom is 0.128 e. The van der Waals surface area contributed by atoms with Gasteiger partial charge in [0.15, 0.2) is 0 Å². The Bertz CT molecular complexity index is 427. The molecule has 1 N–H and O–H groups in total. The van der Waals surface area contributed by atoms with E-state index in [0.717, 1.165) is 24.8 Å². The second-order valence-corrected chi connectivity index (χ2v) is 5.97. The molecule has 2 fully saturated rings. The maximum atomic E-state index is 4.60. The topological polar surface area (TPSA) is 31.4 Å². The van der Waals surface area contributed by atoms with Gasteiger partial charge in [-0.3, -0.25) is 0 Å². The van der Waals surface area contributed by atoms with E-state index in [0.29, 0.717) is 6.04 Å². The lowest BCUT2D eigenvalue weighted by Gasteiger charge is -2.31. The van der Waals surface area contributed by atoms with Gasteiger partial charge in [-0.25, -0.2) is 4.98 Å². The van der Waals surface area contributed by atoms with Gasteiger partial charge in [-0.1, -0.05) is 0 Å². The van der Waals surface area contributed by atoms with Crippen molar-refractivity contribution in [2.75, 3.05) is 42.9 Å². The number of rotatable bonds is 5. The van der Waals surface area contributed by atoms with Gasteiger partial charge < -0.3 is 15.1 Å². The van der Waals surface area contributed by atoms with Crippen molar-refractivity contribution in [3.63, 3.8) is 0 Å². The monoisotopic (exact) mass is 274 g/mol. The SMILES string of the molecule is CCN(CC)c1ccc(NC2CCN3CCC2C3)cn1. The molecule has 2 aliphatic heterocycles. The molecule has 2 aliphatic rings. The summed E-state index contributed by atoms with van der Waals surface area (Å²) in [5, 5.41) is 3.70. The van der Waals surface area contributed by atoms with Crippen LogP contribution in [0.4, 0.5) is 11.5 Å². The number of hydrogen-bond acceptors (Lipinski definition) is 4. The molecule has 1 aromatic heterocycles. The van der Waals surface area contributed by atoms with Crippen molar-refractivity contribution in [2.45, 2.75) is 32.7 Å². The molecule has 20 heavy (non-hydrogen) atoms. The van der Waals surface area contributed by atoms with E-state index < -0.39 is 0 Å². The van der Waals surface area contributed by atoms with Crippen molar-refractivity contribution in [1.29, 1.82) is 0 Å². The van der Waals surface area contributed by atoms with Crippen LogP contribution in [-0.2, 0) is 0 Å². The van der Waals surface area contributed by atoms with E-state index in [9.17, 15) is 0 Å². The molecule has 3 atom stereocenters. The zero-order chi connectivity index (χ0) is 13.9. The molecule has 4 nitrogen and oxygen atoms in total. The van der Waals surface area contributed by atoms with Gasteiger partial charge in [-0.15, -0.1) is 0 Å². The lowest BCUT2D eigenvalue weighted by atomic mass is 9.94. The standard InChI is InChI=1S/C16H26N4/c1-3-20(4-2)16-6-5-14(11-17-16)18-15-8-10-19-9-7-13(15)12-19/h5-6,11,13,15,18H,3-4,7-10,12H2,1-2H3. The van der Waals surface area contributed by atoms with Gasteiger partial charge in [0.25, 0.3) is 0 Å². The second-order valence-electron chi connectivity index (χ2n) is 5.97. The summed E-state index contributed by atoms with van der Waals surface area (Å²) in [6.07, 6.45) is 4.61. The van der Waals surface area contributed by atoms with Gasteiger partial charge in [0.05, 0.1) is 11.9 Å². The highest BCUT2D eigenvalue weighted by atomic mass is 15.2. The number of anilines is 2. The quantitative estimate of drug-likeness (QED) is 0.893. The normalized spacial score (nSPS) is 28.4. The predicted molar refractivity (Wildman–Crippen MR) is 84.4 cm³/mol. The van der Waals surface area contributed by atoms with Gasteiger partial charge in [0.2, 0.25) is 0 Å². The lowest BCUT2D eigenvalue weighted by Crippen LogP contribution is -2.39. The van der Waals surface area contributed by atoms with E-state index >= 15 is 0 Å². The Labute approximate surface area is 122 Å². The highest BCUT2D eigenvalue weighted by Gasteiger charge is 2.34. The molecular weight excluding hydrogens is 248 g/mol. The minimum absolute atomic E-state index is 0.634. The molecule has 0 amide bonds. The number of pyridine rings is 1. The summed E-state index contributed by atoms with van der Waals surface area (Å²) in [5.41, 5.74) is 1.17. The summed E-state index contributed by atoms with van der Waals surface area (Å²) in [4.78, 5) is 9.47. The highest BCUT2D eigenvalue weighted by molar-refractivity contribution is 5.49. The van der Waals surface area contributed by atoms with Crippen molar-refractivity contribution < 1.29 is 0 Å². The smallest absolute Gasteiger partial charge is 0.128 e. The third-order valence-corrected chi connectivity index (χ3v) is 4.82. The van der Waals surface area contributed by atoms with E-state index in [1.165, 1.54) is 38.2 Å². The average molecular weight is 274 g/mol. The molecule has 0 aromatic carbocycles. The van der Waals surface area contributed by atoms with Gasteiger partial charge in [0, 0.05) is 32.2 Å². The van der Waals surface area contributed by atoms with Crippen molar-refractivity contribution >= 4 is 11.5 Å². The first-order chi connectivity index (χ1) is 9.80. The molecule has 1 aromatic rings. The van der Waals surface area contributed by atoms with Crippen LogP contribution in [0, 0.1) is 5.92 Å². The summed E-state index contributed by atoms with van der Waals surface area (Å²) in [5.74, 6) is 1.91. The number of aromatic nitrogens is 1. The Balaban J connectivity index is 1.63. The first-order valence-electron chi connectivity index (χ1n) is 8.00. The fourth-order valence-electron chi connectivity index (χ4n) is 3.56. The summed E-state index contributed by atoms with van der Waals surface area (Å²) in [6.45, 7) is 10.2. The van der Waals surface area contributed by atoms with Crippen LogP contribution in [0.1, 0.15) is 26.7 Å². The van der Waals surface area contributed by atoms with Crippen molar-refractivity contribution in [2.24, 2.45) is 5.92 Å². The summed E-state index contributed by atoms with van der Waals surface area (Å²) < 4.78 is 0. The van der Waals surface area contributed by atoms with Gasteiger partial charge >= 0.3 is 0 Å². The number of hydrogen-bond donors (Lipinski definition) is 1. The van der Waals surface area contributed by atoms with Crippen LogP contribution in [0.5, 0.6) is 0 Å². The van der Waals surface area contributed by atoms with Gasteiger partial charge in [0.1, 0.15) is 5.82 Å². The number of piperidine rings is 1. The molecule has 2 bridgehead atoms. The van der Waals surface area contributed by atoms with Crippen molar-refractivity contribution in [3.05, 3.63) is 18.3 Å². The Morgan fingerprint density at radius 2 is 2.05 bits per heavy atom. The fraction of sp³-hybridized carbons (Fsp3) is 0.688. The van der Waals surface area contributed by atoms with Gasteiger partial charge in [-0.2, -0.15) is 0 Å². The van der Waals surface area contributed by atoms with Crippen LogP contribution in [0.2, 0.25) is 0 Å². The van der Waals surface area contributed by atoms with Crippen molar-refractivity contribution in [1.82, 2.24) is 9.88 Å². The predicted octanol–water partition coefficient (Wildman–Crippen LogP) is 2.43. The van der Waals surface area contributed by atoms with Crippen LogP contribution in [-0.4, -0.2) is 48.6 Å². The second kappa shape index (κ2) is 6.00. The number of nitrogens with one attached hydrogen (secondary N) is 1. The Hall–Kier alpha value is -1.29. The van der Waals surface area contributed by atoms with Crippen LogP contribution in [0.15, 0.2) is 18.3 Å². The Morgan fingerprint density at radius 3 is 2.75 bits per heavy atom. The minimum Gasteiger partial charge on any atom is -0.381 e. The summed E-state index contributed by atoms with van der Waals surface area (Å²) >= 11 is 0. The van der Waals surface area contributed by atoms with E-state index in [-0.39, 0.29) is 0 Å². The molecule has 110 valence electrons. The lowest BCUT2D eigenvalue weighted by molar-refractivity contribution is 0.255. The molecule has 0 spiro atoms. The fourth-order valence-corrected chi connectivity index (χ4v) is 3.56.